The maximum atomic E-state index is 11.5. The largest absolute Gasteiger partial charge is 0.355 e. The summed E-state index contributed by atoms with van der Waals surface area (Å²) in [5, 5.41) is 5.33. The van der Waals surface area contributed by atoms with Crippen LogP contribution < -0.4 is 10.6 Å². The highest BCUT2D eigenvalue weighted by Gasteiger charge is 2.30. The summed E-state index contributed by atoms with van der Waals surface area (Å²) >= 11 is 0. The average molecular weight is 248 g/mol. The maximum absolute atomic E-state index is 11.5. The smallest absolute Gasteiger partial charge is 0.233 e. The van der Waals surface area contributed by atoms with Crippen molar-refractivity contribution in [2.75, 3.05) is 25.4 Å². The van der Waals surface area contributed by atoms with Crippen molar-refractivity contribution in [2.24, 2.45) is 0 Å². The Bertz CT molecular complexity index is 327. The molecule has 1 unspecified atom stereocenters. The minimum atomic E-state index is -2.90. The van der Waals surface area contributed by atoms with E-state index in [-0.39, 0.29) is 17.7 Å². The Morgan fingerprint density at radius 3 is 2.75 bits per heavy atom. The molecular formula is C10H20N2O3S. The Kier molecular flexibility index (Phi) is 5.21. The zero-order valence-corrected chi connectivity index (χ0v) is 10.5. The number of rotatable bonds is 6. The average Bonchev–Trinajstić information content (AvgIpc) is 2.55. The Balaban J connectivity index is 2.18. The molecule has 1 aliphatic rings. The van der Waals surface area contributed by atoms with Gasteiger partial charge in [-0.05, 0) is 19.3 Å². The van der Waals surface area contributed by atoms with Crippen molar-refractivity contribution in [3.63, 3.8) is 0 Å². The van der Waals surface area contributed by atoms with Crippen LogP contribution in [-0.2, 0) is 14.6 Å². The lowest BCUT2D eigenvalue weighted by atomic mass is 10.2. The summed E-state index contributed by atoms with van der Waals surface area (Å²) in [7, 11) is -2.90. The minimum absolute atomic E-state index is 0.0720. The van der Waals surface area contributed by atoms with Gasteiger partial charge in [0.25, 0.3) is 0 Å². The summed E-state index contributed by atoms with van der Waals surface area (Å²) in [6.45, 7) is 3.24. The molecule has 0 spiro atoms. The van der Waals surface area contributed by atoms with Crippen LogP contribution >= 0.6 is 0 Å². The van der Waals surface area contributed by atoms with Gasteiger partial charge in [0.2, 0.25) is 5.91 Å². The lowest BCUT2D eigenvalue weighted by molar-refractivity contribution is -0.120. The van der Waals surface area contributed by atoms with Gasteiger partial charge in [0, 0.05) is 13.1 Å². The molecule has 94 valence electrons. The zero-order valence-electron chi connectivity index (χ0n) is 9.66. The van der Waals surface area contributed by atoms with Gasteiger partial charge in [-0.3, -0.25) is 4.79 Å². The molecule has 1 rings (SSSR count). The second-order valence-electron chi connectivity index (χ2n) is 4.11. The monoisotopic (exact) mass is 248 g/mol. The molecule has 0 aliphatic carbocycles. The van der Waals surface area contributed by atoms with Crippen LogP contribution in [0, 0.1) is 0 Å². The number of hydrogen-bond donors (Lipinski definition) is 2. The second-order valence-corrected chi connectivity index (χ2v) is 6.51. The molecule has 2 N–H and O–H groups in total. The summed E-state index contributed by atoms with van der Waals surface area (Å²) in [4.78, 5) is 11.2. The summed E-state index contributed by atoms with van der Waals surface area (Å²) in [6, 6.07) is 0. The van der Waals surface area contributed by atoms with Crippen molar-refractivity contribution in [1.29, 1.82) is 0 Å². The third kappa shape index (κ3) is 4.09. The molecule has 0 aromatic heterocycles. The first-order valence-corrected chi connectivity index (χ1v) is 7.47. The molecule has 16 heavy (non-hydrogen) atoms. The molecule has 0 radical (unpaired) electrons. The van der Waals surface area contributed by atoms with E-state index in [0.717, 1.165) is 12.8 Å². The van der Waals surface area contributed by atoms with Crippen molar-refractivity contribution in [2.45, 2.75) is 31.4 Å². The summed E-state index contributed by atoms with van der Waals surface area (Å²) < 4.78 is 22.9. The van der Waals surface area contributed by atoms with Crippen molar-refractivity contribution in [3.05, 3.63) is 0 Å². The van der Waals surface area contributed by atoms with Gasteiger partial charge in [-0.2, -0.15) is 0 Å². The van der Waals surface area contributed by atoms with E-state index in [0.29, 0.717) is 25.3 Å². The van der Waals surface area contributed by atoms with Gasteiger partial charge in [-0.25, -0.2) is 8.42 Å². The van der Waals surface area contributed by atoms with Gasteiger partial charge in [0.15, 0.2) is 9.84 Å². The molecule has 0 aromatic rings. The topological polar surface area (TPSA) is 75.3 Å². The third-order valence-electron chi connectivity index (χ3n) is 2.69. The lowest BCUT2D eigenvalue weighted by Gasteiger charge is -2.10. The van der Waals surface area contributed by atoms with Crippen molar-refractivity contribution in [3.8, 4) is 0 Å². The van der Waals surface area contributed by atoms with Gasteiger partial charge < -0.3 is 10.6 Å². The fourth-order valence-corrected chi connectivity index (χ4v) is 3.56. The minimum Gasteiger partial charge on any atom is -0.355 e. The molecule has 1 heterocycles. The standard InChI is InChI=1S/C10H20N2O3S/c1-2-5-12-10(13)8-11-7-9-4-3-6-16(9,14)15/h9,11H,2-8H2,1H3,(H,12,13). The number of carbonyl (C=O) groups excluding carboxylic acids is 1. The zero-order chi connectivity index (χ0) is 12.0. The molecular weight excluding hydrogens is 228 g/mol. The molecule has 0 bridgehead atoms. The van der Waals surface area contributed by atoms with Crippen molar-refractivity contribution in [1.82, 2.24) is 10.6 Å². The molecule has 5 nitrogen and oxygen atoms in total. The van der Waals surface area contributed by atoms with Gasteiger partial charge in [0.1, 0.15) is 0 Å². The van der Waals surface area contributed by atoms with E-state index in [4.69, 9.17) is 0 Å². The third-order valence-corrected chi connectivity index (χ3v) is 4.97. The van der Waals surface area contributed by atoms with Crippen LogP contribution in [0.15, 0.2) is 0 Å². The number of amides is 1. The summed E-state index contributed by atoms with van der Waals surface area (Å²) in [5.41, 5.74) is 0. The van der Waals surface area contributed by atoms with Crippen LogP contribution in [0.5, 0.6) is 0 Å². The quantitative estimate of drug-likeness (QED) is 0.675. The van der Waals surface area contributed by atoms with Crippen LogP contribution in [0.2, 0.25) is 0 Å². The van der Waals surface area contributed by atoms with Gasteiger partial charge >= 0.3 is 0 Å². The van der Waals surface area contributed by atoms with Crippen LogP contribution in [0.25, 0.3) is 0 Å². The van der Waals surface area contributed by atoms with Crippen LogP contribution in [-0.4, -0.2) is 45.0 Å². The predicted octanol–water partition coefficient (Wildman–Crippen LogP) is -0.321. The normalized spacial score (nSPS) is 23.2. The van der Waals surface area contributed by atoms with Crippen LogP contribution in [0.3, 0.4) is 0 Å². The van der Waals surface area contributed by atoms with E-state index in [1.165, 1.54) is 0 Å². The van der Waals surface area contributed by atoms with Gasteiger partial charge in [-0.1, -0.05) is 6.92 Å². The molecule has 1 saturated heterocycles. The van der Waals surface area contributed by atoms with Crippen LogP contribution in [0.1, 0.15) is 26.2 Å². The van der Waals surface area contributed by atoms with Crippen molar-refractivity contribution >= 4 is 15.7 Å². The Morgan fingerprint density at radius 1 is 1.44 bits per heavy atom. The maximum Gasteiger partial charge on any atom is 0.233 e. The summed E-state index contributed by atoms with van der Waals surface area (Å²) in [5.74, 6) is 0.221. The van der Waals surface area contributed by atoms with E-state index < -0.39 is 9.84 Å². The Morgan fingerprint density at radius 2 is 2.19 bits per heavy atom. The predicted molar refractivity (Wildman–Crippen MR) is 63.0 cm³/mol. The fourth-order valence-electron chi connectivity index (χ4n) is 1.76. The highest BCUT2D eigenvalue weighted by Crippen LogP contribution is 2.18. The number of hydrogen-bond acceptors (Lipinski definition) is 4. The van der Waals surface area contributed by atoms with Gasteiger partial charge in [0.05, 0.1) is 17.5 Å². The Labute approximate surface area is 96.9 Å². The fraction of sp³-hybridized carbons (Fsp3) is 0.900. The first kappa shape index (κ1) is 13.4. The lowest BCUT2D eigenvalue weighted by Crippen LogP contribution is -2.38. The van der Waals surface area contributed by atoms with Gasteiger partial charge in [-0.15, -0.1) is 0 Å². The SMILES string of the molecule is CCCNC(=O)CNCC1CCCS1(=O)=O. The molecule has 1 aliphatic heterocycles. The number of carbonyl (C=O) groups is 1. The molecule has 0 aromatic carbocycles. The van der Waals surface area contributed by atoms with E-state index in [1.807, 2.05) is 6.92 Å². The van der Waals surface area contributed by atoms with E-state index in [1.54, 1.807) is 0 Å². The van der Waals surface area contributed by atoms with E-state index in [9.17, 15) is 13.2 Å². The number of nitrogens with one attached hydrogen (secondary N) is 2. The molecule has 0 saturated carbocycles. The molecule has 6 heteroatoms. The molecule has 1 amide bonds. The second kappa shape index (κ2) is 6.20. The summed E-state index contributed by atoms with van der Waals surface area (Å²) in [6.07, 6.45) is 2.37. The number of sulfone groups is 1. The molecule has 1 fully saturated rings. The Hall–Kier alpha value is -0.620. The van der Waals surface area contributed by atoms with E-state index >= 15 is 0 Å². The highest BCUT2D eigenvalue weighted by molar-refractivity contribution is 7.92. The first-order valence-electron chi connectivity index (χ1n) is 5.75. The first-order chi connectivity index (χ1) is 7.56. The van der Waals surface area contributed by atoms with E-state index in [2.05, 4.69) is 10.6 Å². The molecule has 1 atom stereocenters. The highest BCUT2D eigenvalue weighted by atomic mass is 32.2. The van der Waals surface area contributed by atoms with Crippen molar-refractivity contribution < 1.29 is 13.2 Å². The van der Waals surface area contributed by atoms with Crippen LogP contribution in [0.4, 0.5) is 0 Å².